The first kappa shape index (κ1) is 15.1. The molecule has 0 saturated carbocycles. The second-order valence-electron chi connectivity index (χ2n) is 5.62. The van der Waals surface area contributed by atoms with Crippen LogP contribution in [0.2, 0.25) is 0 Å². The number of rotatable bonds is 4. The molecule has 2 unspecified atom stereocenters. The van der Waals surface area contributed by atoms with Crippen LogP contribution in [0.1, 0.15) is 26.2 Å². The summed E-state index contributed by atoms with van der Waals surface area (Å²) < 4.78 is 5.43. The quantitative estimate of drug-likeness (QED) is 0.286. The molecule has 0 aliphatic carbocycles. The van der Waals surface area contributed by atoms with E-state index in [4.69, 9.17) is 15.7 Å². The van der Waals surface area contributed by atoms with Gasteiger partial charge >= 0.3 is 0 Å². The van der Waals surface area contributed by atoms with Crippen LogP contribution < -0.4 is 11.1 Å². The summed E-state index contributed by atoms with van der Waals surface area (Å²) in [5.41, 5.74) is 5.49. The van der Waals surface area contributed by atoms with Crippen molar-refractivity contribution in [2.24, 2.45) is 16.8 Å². The van der Waals surface area contributed by atoms with Crippen molar-refractivity contribution < 1.29 is 14.7 Å². The SMILES string of the molecule is CC1OCCC1C(=O)NC1CCN(CC(N)=NO)CC1. The fraction of sp³-hybridized carbons (Fsp3) is 0.846. The molecule has 2 saturated heterocycles. The van der Waals surface area contributed by atoms with E-state index >= 15 is 0 Å². The largest absolute Gasteiger partial charge is 0.409 e. The average molecular weight is 284 g/mol. The second-order valence-corrected chi connectivity index (χ2v) is 5.62. The van der Waals surface area contributed by atoms with Crippen molar-refractivity contribution in [1.29, 1.82) is 0 Å². The Labute approximate surface area is 119 Å². The molecule has 114 valence electrons. The van der Waals surface area contributed by atoms with Crippen LogP contribution in [-0.4, -0.2) is 60.2 Å². The minimum absolute atomic E-state index is 0.00908. The van der Waals surface area contributed by atoms with Gasteiger partial charge in [0.25, 0.3) is 0 Å². The lowest BCUT2D eigenvalue weighted by molar-refractivity contribution is -0.127. The lowest BCUT2D eigenvalue weighted by Crippen LogP contribution is -2.48. The number of piperidine rings is 1. The van der Waals surface area contributed by atoms with E-state index in [0.717, 1.165) is 32.4 Å². The highest BCUT2D eigenvalue weighted by Gasteiger charge is 2.32. The molecule has 2 atom stereocenters. The summed E-state index contributed by atoms with van der Waals surface area (Å²) in [6.45, 7) is 4.80. The highest BCUT2D eigenvalue weighted by Crippen LogP contribution is 2.21. The summed E-state index contributed by atoms with van der Waals surface area (Å²) in [6, 6.07) is 0.221. The highest BCUT2D eigenvalue weighted by atomic mass is 16.5. The predicted octanol–water partition coefficient (Wildman–Crippen LogP) is -0.262. The van der Waals surface area contributed by atoms with Crippen molar-refractivity contribution in [3.8, 4) is 0 Å². The minimum Gasteiger partial charge on any atom is -0.409 e. The molecule has 7 nitrogen and oxygen atoms in total. The fourth-order valence-electron chi connectivity index (χ4n) is 2.88. The predicted molar refractivity (Wildman–Crippen MR) is 74.5 cm³/mol. The zero-order chi connectivity index (χ0) is 14.5. The van der Waals surface area contributed by atoms with E-state index in [0.29, 0.717) is 13.2 Å². The van der Waals surface area contributed by atoms with Gasteiger partial charge in [-0.2, -0.15) is 0 Å². The van der Waals surface area contributed by atoms with Gasteiger partial charge < -0.3 is 21.0 Å². The molecule has 2 heterocycles. The summed E-state index contributed by atoms with van der Waals surface area (Å²) >= 11 is 0. The van der Waals surface area contributed by atoms with E-state index in [9.17, 15) is 4.79 Å². The van der Waals surface area contributed by atoms with Gasteiger partial charge in [-0.15, -0.1) is 0 Å². The minimum atomic E-state index is -0.00908. The van der Waals surface area contributed by atoms with Crippen LogP contribution in [0.5, 0.6) is 0 Å². The Kier molecular flexibility index (Phi) is 5.19. The second kappa shape index (κ2) is 6.90. The van der Waals surface area contributed by atoms with Gasteiger partial charge in [0, 0.05) is 25.7 Å². The summed E-state index contributed by atoms with van der Waals surface area (Å²) in [5.74, 6) is 0.333. The third kappa shape index (κ3) is 3.83. The topological polar surface area (TPSA) is 100 Å². The first-order valence-electron chi connectivity index (χ1n) is 7.21. The first-order chi connectivity index (χ1) is 9.60. The van der Waals surface area contributed by atoms with Gasteiger partial charge in [-0.25, -0.2) is 0 Å². The molecule has 7 heteroatoms. The number of nitrogens with two attached hydrogens (primary N) is 1. The number of ether oxygens (including phenoxy) is 1. The van der Waals surface area contributed by atoms with Crippen LogP contribution in [0.4, 0.5) is 0 Å². The number of hydrogen-bond donors (Lipinski definition) is 3. The van der Waals surface area contributed by atoms with Crippen LogP contribution in [0.3, 0.4) is 0 Å². The summed E-state index contributed by atoms with van der Waals surface area (Å²) in [7, 11) is 0. The number of likely N-dealkylation sites (tertiary alicyclic amines) is 1. The molecule has 0 aromatic heterocycles. The Balaban J connectivity index is 1.73. The molecule has 2 aliphatic rings. The van der Waals surface area contributed by atoms with Crippen molar-refractivity contribution >= 4 is 11.7 Å². The lowest BCUT2D eigenvalue weighted by atomic mass is 9.99. The Morgan fingerprint density at radius 1 is 1.45 bits per heavy atom. The van der Waals surface area contributed by atoms with E-state index in [1.165, 1.54) is 0 Å². The van der Waals surface area contributed by atoms with Crippen LogP contribution >= 0.6 is 0 Å². The van der Waals surface area contributed by atoms with Gasteiger partial charge in [-0.1, -0.05) is 5.16 Å². The van der Waals surface area contributed by atoms with E-state index in [1.807, 2.05) is 6.92 Å². The molecule has 4 N–H and O–H groups in total. The van der Waals surface area contributed by atoms with E-state index in [-0.39, 0.29) is 29.8 Å². The van der Waals surface area contributed by atoms with Gasteiger partial charge in [0.15, 0.2) is 5.84 Å². The maximum atomic E-state index is 12.2. The first-order valence-corrected chi connectivity index (χ1v) is 7.21. The summed E-state index contributed by atoms with van der Waals surface area (Å²) in [5, 5.41) is 14.7. The number of nitrogens with zero attached hydrogens (tertiary/aromatic N) is 2. The van der Waals surface area contributed by atoms with Gasteiger partial charge in [0.1, 0.15) is 0 Å². The maximum Gasteiger partial charge on any atom is 0.226 e. The van der Waals surface area contributed by atoms with Crippen LogP contribution in [0, 0.1) is 5.92 Å². The van der Waals surface area contributed by atoms with Gasteiger partial charge in [-0.3, -0.25) is 9.69 Å². The number of amides is 1. The van der Waals surface area contributed by atoms with Crippen molar-refractivity contribution in [3.05, 3.63) is 0 Å². The van der Waals surface area contributed by atoms with E-state index < -0.39 is 0 Å². The molecular formula is C13H24N4O3. The van der Waals surface area contributed by atoms with Crippen LogP contribution in [0.25, 0.3) is 0 Å². The monoisotopic (exact) mass is 284 g/mol. The average Bonchev–Trinajstić information content (AvgIpc) is 2.87. The number of carbonyl (C=O) groups excluding carboxylic acids is 1. The lowest BCUT2D eigenvalue weighted by Gasteiger charge is -2.32. The highest BCUT2D eigenvalue weighted by molar-refractivity contribution is 5.81. The molecule has 2 rings (SSSR count). The number of amidine groups is 1. The molecule has 0 aromatic rings. The third-order valence-corrected chi connectivity index (χ3v) is 4.16. The van der Waals surface area contributed by atoms with Crippen molar-refractivity contribution in [2.75, 3.05) is 26.2 Å². The molecular weight excluding hydrogens is 260 g/mol. The molecule has 20 heavy (non-hydrogen) atoms. The molecule has 2 fully saturated rings. The Bertz CT molecular complexity index is 367. The molecule has 0 aromatic carbocycles. The summed E-state index contributed by atoms with van der Waals surface area (Å²) in [6.07, 6.45) is 2.63. The Morgan fingerprint density at radius 2 is 2.15 bits per heavy atom. The van der Waals surface area contributed by atoms with Gasteiger partial charge in [0.2, 0.25) is 5.91 Å². The molecule has 0 bridgehead atoms. The van der Waals surface area contributed by atoms with Crippen molar-refractivity contribution in [1.82, 2.24) is 10.2 Å². The van der Waals surface area contributed by atoms with Crippen LogP contribution in [-0.2, 0) is 9.53 Å². The zero-order valence-electron chi connectivity index (χ0n) is 11.9. The molecule has 0 spiro atoms. The number of hydrogen-bond acceptors (Lipinski definition) is 5. The molecule has 2 aliphatic heterocycles. The fourth-order valence-corrected chi connectivity index (χ4v) is 2.88. The third-order valence-electron chi connectivity index (χ3n) is 4.16. The standard InChI is InChI=1S/C13H24N4O3/c1-9-11(4-7-20-9)13(18)15-10-2-5-17(6-3-10)8-12(14)16-19/h9-11,19H,2-8H2,1H3,(H2,14,16)(H,15,18). The molecule has 1 amide bonds. The van der Waals surface area contributed by atoms with Gasteiger partial charge in [0.05, 0.1) is 18.6 Å². The number of carbonyl (C=O) groups is 1. The zero-order valence-corrected chi connectivity index (χ0v) is 11.9. The Hall–Kier alpha value is -1.34. The van der Waals surface area contributed by atoms with E-state index in [1.54, 1.807) is 0 Å². The van der Waals surface area contributed by atoms with Crippen molar-refractivity contribution in [3.63, 3.8) is 0 Å². The Morgan fingerprint density at radius 3 is 2.70 bits per heavy atom. The van der Waals surface area contributed by atoms with E-state index in [2.05, 4.69) is 15.4 Å². The summed E-state index contributed by atoms with van der Waals surface area (Å²) in [4.78, 5) is 14.3. The number of oxime groups is 1. The smallest absolute Gasteiger partial charge is 0.226 e. The van der Waals surface area contributed by atoms with Crippen LogP contribution in [0.15, 0.2) is 5.16 Å². The van der Waals surface area contributed by atoms with Crippen molar-refractivity contribution in [2.45, 2.75) is 38.3 Å². The normalized spacial score (nSPS) is 29.6. The maximum absolute atomic E-state index is 12.2. The molecule has 0 radical (unpaired) electrons. The number of nitrogens with one attached hydrogen (secondary N) is 1. The van der Waals surface area contributed by atoms with Gasteiger partial charge in [-0.05, 0) is 26.2 Å².